The third kappa shape index (κ3) is 5.17. The molecule has 1 saturated carbocycles. The monoisotopic (exact) mass is 213 g/mol. The first kappa shape index (κ1) is 12.5. The summed E-state index contributed by atoms with van der Waals surface area (Å²) in [6.45, 7) is 2.71. The van der Waals surface area contributed by atoms with E-state index in [9.17, 15) is 4.79 Å². The van der Waals surface area contributed by atoms with Gasteiger partial charge in [-0.3, -0.25) is 4.79 Å². The molecule has 3 heteroatoms. The third-order valence-corrected chi connectivity index (χ3v) is 2.96. The molecule has 1 aliphatic rings. The SMILES string of the molecule is COCC(C)CC(=O)NC1CCCCC1. The van der Waals surface area contributed by atoms with Crippen LogP contribution >= 0.6 is 0 Å². The highest BCUT2D eigenvalue weighted by atomic mass is 16.5. The van der Waals surface area contributed by atoms with Crippen molar-refractivity contribution >= 4 is 5.91 Å². The fraction of sp³-hybridized carbons (Fsp3) is 0.917. The van der Waals surface area contributed by atoms with Crippen LogP contribution in [0.25, 0.3) is 0 Å². The summed E-state index contributed by atoms with van der Waals surface area (Å²) in [6, 6.07) is 0.431. The van der Waals surface area contributed by atoms with Crippen molar-refractivity contribution in [2.24, 2.45) is 5.92 Å². The average molecular weight is 213 g/mol. The summed E-state index contributed by atoms with van der Waals surface area (Å²) < 4.78 is 5.01. The molecule has 0 spiro atoms. The van der Waals surface area contributed by atoms with Crippen molar-refractivity contribution in [2.45, 2.75) is 51.5 Å². The molecule has 0 aliphatic heterocycles. The lowest BCUT2D eigenvalue weighted by molar-refractivity contribution is -0.123. The fourth-order valence-electron chi connectivity index (χ4n) is 2.19. The van der Waals surface area contributed by atoms with Gasteiger partial charge < -0.3 is 10.1 Å². The standard InChI is InChI=1S/C12H23NO2/c1-10(9-15-2)8-12(14)13-11-6-4-3-5-7-11/h10-11H,3-9H2,1-2H3,(H,13,14). The van der Waals surface area contributed by atoms with Gasteiger partial charge in [-0.05, 0) is 18.8 Å². The van der Waals surface area contributed by atoms with Gasteiger partial charge in [-0.15, -0.1) is 0 Å². The molecule has 15 heavy (non-hydrogen) atoms. The van der Waals surface area contributed by atoms with E-state index < -0.39 is 0 Å². The number of carbonyl (C=O) groups is 1. The van der Waals surface area contributed by atoms with Crippen molar-refractivity contribution in [1.82, 2.24) is 5.32 Å². The van der Waals surface area contributed by atoms with E-state index in [1.165, 1.54) is 19.3 Å². The fourth-order valence-corrected chi connectivity index (χ4v) is 2.19. The van der Waals surface area contributed by atoms with Crippen LogP contribution in [0.2, 0.25) is 0 Å². The van der Waals surface area contributed by atoms with Crippen LogP contribution in [0.5, 0.6) is 0 Å². The zero-order chi connectivity index (χ0) is 11.1. The normalized spacial score (nSPS) is 19.9. The second-order valence-corrected chi connectivity index (χ2v) is 4.67. The van der Waals surface area contributed by atoms with Gasteiger partial charge in [-0.2, -0.15) is 0 Å². The van der Waals surface area contributed by atoms with Crippen LogP contribution in [0.4, 0.5) is 0 Å². The van der Waals surface area contributed by atoms with Crippen LogP contribution in [0.1, 0.15) is 45.4 Å². The Morgan fingerprint density at radius 3 is 2.67 bits per heavy atom. The number of carbonyl (C=O) groups excluding carboxylic acids is 1. The van der Waals surface area contributed by atoms with Gasteiger partial charge in [0.15, 0.2) is 0 Å². The minimum atomic E-state index is 0.187. The molecule has 88 valence electrons. The molecule has 1 N–H and O–H groups in total. The molecule has 1 unspecified atom stereocenters. The summed E-state index contributed by atoms with van der Waals surface area (Å²) in [5.41, 5.74) is 0. The number of ether oxygens (including phenoxy) is 1. The van der Waals surface area contributed by atoms with E-state index in [-0.39, 0.29) is 5.91 Å². The Morgan fingerprint density at radius 2 is 2.07 bits per heavy atom. The number of amides is 1. The van der Waals surface area contributed by atoms with Crippen molar-refractivity contribution in [3.05, 3.63) is 0 Å². The lowest BCUT2D eigenvalue weighted by Gasteiger charge is -2.23. The minimum absolute atomic E-state index is 0.187. The Kier molecular flexibility index (Phi) is 5.69. The molecule has 1 aliphatic carbocycles. The van der Waals surface area contributed by atoms with Crippen molar-refractivity contribution < 1.29 is 9.53 Å². The number of rotatable bonds is 5. The predicted octanol–water partition coefficient (Wildman–Crippen LogP) is 2.11. The molecule has 0 heterocycles. The van der Waals surface area contributed by atoms with Gasteiger partial charge in [0.25, 0.3) is 0 Å². The highest BCUT2D eigenvalue weighted by Gasteiger charge is 2.16. The van der Waals surface area contributed by atoms with Gasteiger partial charge in [0, 0.05) is 26.2 Å². The Hall–Kier alpha value is -0.570. The van der Waals surface area contributed by atoms with E-state index in [0.29, 0.717) is 25.0 Å². The second kappa shape index (κ2) is 6.83. The Morgan fingerprint density at radius 1 is 1.40 bits per heavy atom. The lowest BCUT2D eigenvalue weighted by Crippen LogP contribution is -2.37. The maximum absolute atomic E-state index is 11.6. The topological polar surface area (TPSA) is 38.3 Å². The molecule has 1 atom stereocenters. The quantitative estimate of drug-likeness (QED) is 0.759. The third-order valence-electron chi connectivity index (χ3n) is 2.96. The van der Waals surface area contributed by atoms with Crippen LogP contribution in [-0.4, -0.2) is 25.7 Å². The van der Waals surface area contributed by atoms with Gasteiger partial charge in [0.05, 0.1) is 0 Å². The molecule has 0 radical (unpaired) electrons. The second-order valence-electron chi connectivity index (χ2n) is 4.67. The lowest BCUT2D eigenvalue weighted by atomic mass is 9.95. The van der Waals surface area contributed by atoms with Gasteiger partial charge in [0.1, 0.15) is 0 Å². The summed E-state index contributed by atoms with van der Waals surface area (Å²) in [5, 5.41) is 3.11. The molecule has 0 aromatic carbocycles. The van der Waals surface area contributed by atoms with Crippen molar-refractivity contribution in [2.75, 3.05) is 13.7 Å². The van der Waals surface area contributed by atoms with E-state index in [1.807, 2.05) is 6.92 Å². The van der Waals surface area contributed by atoms with Crippen LogP contribution < -0.4 is 5.32 Å². The molecule has 0 saturated heterocycles. The summed E-state index contributed by atoms with van der Waals surface area (Å²) in [6.07, 6.45) is 6.75. The molecule has 0 bridgehead atoms. The van der Waals surface area contributed by atoms with Gasteiger partial charge in [0.2, 0.25) is 5.91 Å². The van der Waals surface area contributed by atoms with Gasteiger partial charge in [-0.25, -0.2) is 0 Å². The van der Waals surface area contributed by atoms with Crippen molar-refractivity contribution in [3.63, 3.8) is 0 Å². The zero-order valence-electron chi connectivity index (χ0n) is 9.92. The Labute approximate surface area is 92.6 Å². The molecule has 0 aromatic rings. The maximum atomic E-state index is 11.6. The van der Waals surface area contributed by atoms with Crippen molar-refractivity contribution in [3.8, 4) is 0 Å². The van der Waals surface area contributed by atoms with Crippen molar-refractivity contribution in [1.29, 1.82) is 0 Å². The molecule has 3 nitrogen and oxygen atoms in total. The van der Waals surface area contributed by atoms with Crippen LogP contribution in [0.15, 0.2) is 0 Å². The molecular formula is C12H23NO2. The van der Waals surface area contributed by atoms with E-state index in [2.05, 4.69) is 5.32 Å². The van der Waals surface area contributed by atoms with Crippen LogP contribution in [0, 0.1) is 5.92 Å². The Bertz CT molecular complexity index is 188. The van der Waals surface area contributed by atoms with E-state index in [4.69, 9.17) is 4.74 Å². The van der Waals surface area contributed by atoms with E-state index in [0.717, 1.165) is 12.8 Å². The number of methoxy groups -OCH3 is 1. The van der Waals surface area contributed by atoms with Crippen LogP contribution in [-0.2, 0) is 9.53 Å². The first-order chi connectivity index (χ1) is 7.22. The predicted molar refractivity (Wildman–Crippen MR) is 60.7 cm³/mol. The number of nitrogens with one attached hydrogen (secondary N) is 1. The van der Waals surface area contributed by atoms with Gasteiger partial charge >= 0.3 is 0 Å². The average Bonchev–Trinajstić information content (AvgIpc) is 2.19. The molecule has 1 amide bonds. The zero-order valence-corrected chi connectivity index (χ0v) is 9.92. The van der Waals surface area contributed by atoms with E-state index >= 15 is 0 Å². The molecule has 0 aromatic heterocycles. The first-order valence-electron chi connectivity index (χ1n) is 6.00. The highest BCUT2D eigenvalue weighted by molar-refractivity contribution is 5.76. The van der Waals surface area contributed by atoms with Crippen LogP contribution in [0.3, 0.4) is 0 Å². The smallest absolute Gasteiger partial charge is 0.220 e. The summed E-state index contributed by atoms with van der Waals surface area (Å²) in [7, 11) is 1.68. The summed E-state index contributed by atoms with van der Waals surface area (Å²) >= 11 is 0. The first-order valence-corrected chi connectivity index (χ1v) is 6.00. The number of hydrogen-bond acceptors (Lipinski definition) is 2. The molecule has 1 fully saturated rings. The summed E-state index contributed by atoms with van der Waals surface area (Å²) in [5.74, 6) is 0.505. The minimum Gasteiger partial charge on any atom is -0.384 e. The Balaban J connectivity index is 2.16. The maximum Gasteiger partial charge on any atom is 0.220 e. The largest absolute Gasteiger partial charge is 0.384 e. The summed E-state index contributed by atoms with van der Waals surface area (Å²) in [4.78, 5) is 11.6. The van der Waals surface area contributed by atoms with E-state index in [1.54, 1.807) is 7.11 Å². The molecule has 1 rings (SSSR count). The molecular weight excluding hydrogens is 190 g/mol. The number of hydrogen-bond donors (Lipinski definition) is 1. The highest BCUT2D eigenvalue weighted by Crippen LogP contribution is 2.17. The van der Waals surface area contributed by atoms with Gasteiger partial charge in [-0.1, -0.05) is 26.2 Å².